The smallest absolute Gasteiger partial charge is 0.239 e. The number of ether oxygens (including phenoxy) is 4. The SMILES string of the molecule is COCCN(CC(=O)Nc1cc(OC)c(OC)c(OC)c1)S(C)(=O)=O. The Morgan fingerprint density at radius 1 is 1.08 bits per heavy atom. The number of benzene rings is 1. The second kappa shape index (κ2) is 9.44. The minimum Gasteiger partial charge on any atom is -0.493 e. The van der Waals surface area contributed by atoms with Crippen molar-refractivity contribution in [2.75, 3.05) is 59.7 Å². The minimum absolute atomic E-state index is 0.0814. The van der Waals surface area contributed by atoms with E-state index in [1.807, 2.05) is 0 Å². The molecule has 10 heteroatoms. The van der Waals surface area contributed by atoms with E-state index < -0.39 is 15.9 Å². The van der Waals surface area contributed by atoms with Gasteiger partial charge in [-0.25, -0.2) is 8.42 Å². The molecule has 1 amide bonds. The van der Waals surface area contributed by atoms with Crippen LogP contribution in [0, 0.1) is 0 Å². The van der Waals surface area contributed by atoms with E-state index in [1.54, 1.807) is 12.1 Å². The van der Waals surface area contributed by atoms with Crippen LogP contribution < -0.4 is 19.5 Å². The Bertz CT molecular complexity index is 666. The Labute approximate surface area is 147 Å². The average Bonchev–Trinajstić information content (AvgIpc) is 2.56. The van der Waals surface area contributed by atoms with Crippen molar-refractivity contribution in [1.82, 2.24) is 4.31 Å². The van der Waals surface area contributed by atoms with Crippen LogP contribution in [0.3, 0.4) is 0 Å². The normalized spacial score (nSPS) is 11.3. The van der Waals surface area contributed by atoms with Gasteiger partial charge < -0.3 is 24.3 Å². The van der Waals surface area contributed by atoms with Crippen LogP contribution in [0.15, 0.2) is 12.1 Å². The van der Waals surface area contributed by atoms with E-state index >= 15 is 0 Å². The number of carbonyl (C=O) groups is 1. The summed E-state index contributed by atoms with van der Waals surface area (Å²) in [5, 5.41) is 2.62. The first-order valence-electron chi connectivity index (χ1n) is 7.30. The van der Waals surface area contributed by atoms with Gasteiger partial charge >= 0.3 is 0 Å². The Morgan fingerprint density at radius 3 is 2.04 bits per heavy atom. The van der Waals surface area contributed by atoms with Crippen molar-refractivity contribution in [3.05, 3.63) is 12.1 Å². The highest BCUT2D eigenvalue weighted by Crippen LogP contribution is 2.39. The van der Waals surface area contributed by atoms with Crippen LogP contribution in [0.2, 0.25) is 0 Å². The van der Waals surface area contributed by atoms with E-state index in [-0.39, 0.29) is 19.7 Å². The van der Waals surface area contributed by atoms with Crippen molar-refractivity contribution in [3.63, 3.8) is 0 Å². The molecule has 1 rings (SSSR count). The number of methoxy groups -OCH3 is 4. The van der Waals surface area contributed by atoms with E-state index in [2.05, 4.69) is 5.32 Å². The molecule has 142 valence electrons. The van der Waals surface area contributed by atoms with E-state index in [9.17, 15) is 13.2 Å². The van der Waals surface area contributed by atoms with E-state index in [0.717, 1.165) is 10.6 Å². The highest BCUT2D eigenvalue weighted by molar-refractivity contribution is 7.88. The molecule has 1 N–H and O–H groups in total. The van der Waals surface area contributed by atoms with Gasteiger partial charge in [0.25, 0.3) is 0 Å². The van der Waals surface area contributed by atoms with Crippen LogP contribution in [0.5, 0.6) is 17.2 Å². The van der Waals surface area contributed by atoms with Crippen molar-refractivity contribution in [1.29, 1.82) is 0 Å². The molecule has 0 radical (unpaired) electrons. The maximum atomic E-state index is 12.2. The first kappa shape index (κ1) is 21.0. The number of amides is 1. The molecule has 0 unspecified atom stereocenters. The lowest BCUT2D eigenvalue weighted by molar-refractivity contribution is -0.116. The van der Waals surface area contributed by atoms with Gasteiger partial charge in [-0.3, -0.25) is 4.79 Å². The molecule has 0 saturated carbocycles. The second-order valence-corrected chi connectivity index (χ2v) is 7.03. The van der Waals surface area contributed by atoms with Crippen molar-refractivity contribution in [2.24, 2.45) is 0 Å². The van der Waals surface area contributed by atoms with Gasteiger partial charge in [-0.15, -0.1) is 0 Å². The van der Waals surface area contributed by atoms with Crippen molar-refractivity contribution >= 4 is 21.6 Å². The van der Waals surface area contributed by atoms with Crippen LogP contribution >= 0.6 is 0 Å². The molecular weight excluding hydrogens is 352 g/mol. The Hall–Kier alpha value is -2.04. The first-order valence-corrected chi connectivity index (χ1v) is 9.15. The predicted octanol–water partition coefficient (Wildman–Crippen LogP) is 0.559. The quantitative estimate of drug-likeness (QED) is 0.636. The molecule has 0 aliphatic heterocycles. The summed E-state index contributed by atoms with van der Waals surface area (Å²) in [6, 6.07) is 3.11. The molecule has 0 aliphatic rings. The molecule has 1 aromatic rings. The molecule has 0 spiro atoms. The molecule has 0 fully saturated rings. The number of hydrogen-bond donors (Lipinski definition) is 1. The van der Waals surface area contributed by atoms with Gasteiger partial charge in [0.15, 0.2) is 11.5 Å². The van der Waals surface area contributed by atoms with Gasteiger partial charge in [0.1, 0.15) is 0 Å². The fourth-order valence-electron chi connectivity index (χ4n) is 2.07. The number of sulfonamides is 1. The highest BCUT2D eigenvalue weighted by atomic mass is 32.2. The third kappa shape index (κ3) is 6.07. The average molecular weight is 376 g/mol. The molecule has 0 bridgehead atoms. The van der Waals surface area contributed by atoms with Gasteiger partial charge in [0, 0.05) is 31.5 Å². The fourth-order valence-corrected chi connectivity index (χ4v) is 2.83. The highest BCUT2D eigenvalue weighted by Gasteiger charge is 2.21. The summed E-state index contributed by atoms with van der Waals surface area (Å²) < 4.78 is 45.0. The first-order chi connectivity index (χ1) is 11.8. The molecule has 0 aliphatic carbocycles. The van der Waals surface area contributed by atoms with Gasteiger partial charge in [-0.2, -0.15) is 4.31 Å². The fraction of sp³-hybridized carbons (Fsp3) is 0.533. The zero-order valence-electron chi connectivity index (χ0n) is 15.0. The van der Waals surface area contributed by atoms with Crippen LogP contribution in [0.25, 0.3) is 0 Å². The number of hydrogen-bond acceptors (Lipinski definition) is 7. The van der Waals surface area contributed by atoms with Crippen molar-refractivity contribution in [3.8, 4) is 17.2 Å². The molecule has 0 heterocycles. The summed E-state index contributed by atoms with van der Waals surface area (Å²) in [6.45, 7) is -0.0681. The molecule has 0 aromatic heterocycles. The summed E-state index contributed by atoms with van der Waals surface area (Å²) in [5.41, 5.74) is 0.389. The monoisotopic (exact) mass is 376 g/mol. The third-order valence-electron chi connectivity index (χ3n) is 3.28. The molecule has 0 saturated heterocycles. The molecule has 1 aromatic carbocycles. The van der Waals surface area contributed by atoms with Crippen LogP contribution in [-0.2, 0) is 19.6 Å². The largest absolute Gasteiger partial charge is 0.493 e. The van der Waals surface area contributed by atoms with Gasteiger partial charge in [0.05, 0.1) is 40.7 Å². The summed E-state index contributed by atoms with van der Waals surface area (Å²) in [4.78, 5) is 12.2. The molecule has 0 atom stereocenters. The lowest BCUT2D eigenvalue weighted by atomic mass is 10.2. The molecular formula is C15H24N2O7S. The number of nitrogens with zero attached hydrogens (tertiary/aromatic N) is 1. The third-order valence-corrected chi connectivity index (χ3v) is 4.53. The van der Waals surface area contributed by atoms with Gasteiger partial charge in [0.2, 0.25) is 21.7 Å². The Morgan fingerprint density at radius 2 is 1.64 bits per heavy atom. The maximum absolute atomic E-state index is 12.2. The molecule has 25 heavy (non-hydrogen) atoms. The Kier molecular flexibility index (Phi) is 7.94. The van der Waals surface area contributed by atoms with E-state index in [0.29, 0.717) is 22.9 Å². The lowest BCUT2D eigenvalue weighted by Crippen LogP contribution is -2.39. The summed E-state index contributed by atoms with van der Waals surface area (Å²) >= 11 is 0. The van der Waals surface area contributed by atoms with E-state index in [1.165, 1.54) is 28.4 Å². The second-order valence-electron chi connectivity index (χ2n) is 5.05. The van der Waals surface area contributed by atoms with Crippen molar-refractivity contribution in [2.45, 2.75) is 0 Å². The number of nitrogens with one attached hydrogen (secondary N) is 1. The standard InChI is InChI=1S/C15H24N2O7S/c1-21-7-6-17(25(5,19)20)10-14(18)16-11-8-12(22-2)15(24-4)13(9-11)23-3/h8-9H,6-7,10H2,1-5H3,(H,16,18). The van der Waals surface area contributed by atoms with Crippen LogP contribution in [0.4, 0.5) is 5.69 Å². The number of anilines is 1. The zero-order chi connectivity index (χ0) is 19.0. The van der Waals surface area contributed by atoms with Gasteiger partial charge in [-0.05, 0) is 0 Å². The molecule has 9 nitrogen and oxygen atoms in total. The van der Waals surface area contributed by atoms with Crippen LogP contribution in [0.1, 0.15) is 0 Å². The zero-order valence-corrected chi connectivity index (χ0v) is 15.8. The summed E-state index contributed by atoms with van der Waals surface area (Å²) in [6.07, 6.45) is 1.04. The number of rotatable bonds is 10. The Balaban J connectivity index is 2.95. The summed E-state index contributed by atoms with van der Waals surface area (Å²) in [7, 11) is 2.30. The van der Waals surface area contributed by atoms with Gasteiger partial charge in [-0.1, -0.05) is 0 Å². The summed E-state index contributed by atoms with van der Waals surface area (Å²) in [5.74, 6) is 0.629. The minimum atomic E-state index is -3.54. The number of carbonyl (C=O) groups excluding carboxylic acids is 1. The lowest BCUT2D eigenvalue weighted by Gasteiger charge is -2.19. The van der Waals surface area contributed by atoms with Crippen LogP contribution in [-0.4, -0.2) is 73.0 Å². The maximum Gasteiger partial charge on any atom is 0.239 e. The van der Waals surface area contributed by atoms with Crippen molar-refractivity contribution < 1.29 is 32.2 Å². The predicted molar refractivity (Wildman–Crippen MR) is 93.0 cm³/mol. The van der Waals surface area contributed by atoms with E-state index in [4.69, 9.17) is 18.9 Å². The topological polar surface area (TPSA) is 103 Å².